The number of aliphatic carboxylic acids is 1. The van der Waals surface area contributed by atoms with E-state index in [9.17, 15) is 29.7 Å². The van der Waals surface area contributed by atoms with E-state index in [1.807, 2.05) is 13.8 Å². The average molecular weight is 381 g/mol. The van der Waals surface area contributed by atoms with Crippen LogP contribution in [0.1, 0.15) is 25.8 Å². The molecule has 3 atom stereocenters. The number of aromatic hydroxyl groups is 1. The van der Waals surface area contributed by atoms with E-state index in [0.717, 1.165) is 0 Å². The smallest absolute Gasteiger partial charge is 0.326 e. The summed E-state index contributed by atoms with van der Waals surface area (Å²) >= 11 is 0. The van der Waals surface area contributed by atoms with E-state index in [-0.39, 0.29) is 31.1 Å². The minimum Gasteiger partial charge on any atom is -0.508 e. The number of hydrogen-bond donors (Lipinski definition) is 6. The highest BCUT2D eigenvalue weighted by atomic mass is 16.4. The Bertz CT molecular complexity index is 647. The van der Waals surface area contributed by atoms with Crippen molar-refractivity contribution in [3.05, 3.63) is 29.8 Å². The summed E-state index contributed by atoms with van der Waals surface area (Å²) in [6.45, 7) is 3.34. The maximum absolute atomic E-state index is 12.6. The molecule has 0 heterocycles. The number of carboxylic acid groups (broad SMARTS) is 1. The first-order valence-electron chi connectivity index (χ1n) is 8.63. The highest BCUT2D eigenvalue weighted by molar-refractivity contribution is 5.91. The number of benzene rings is 1. The van der Waals surface area contributed by atoms with E-state index < -0.39 is 36.0 Å². The van der Waals surface area contributed by atoms with Gasteiger partial charge < -0.3 is 31.7 Å². The molecule has 0 spiro atoms. The topological polar surface area (TPSA) is 162 Å². The molecule has 0 aliphatic rings. The molecule has 150 valence electrons. The molecule has 1 rings (SSSR count). The van der Waals surface area contributed by atoms with Crippen LogP contribution in [-0.2, 0) is 20.8 Å². The third-order valence-electron chi connectivity index (χ3n) is 3.86. The number of carbonyl (C=O) groups is 3. The lowest BCUT2D eigenvalue weighted by atomic mass is 10.0. The van der Waals surface area contributed by atoms with E-state index in [2.05, 4.69) is 10.6 Å². The maximum Gasteiger partial charge on any atom is 0.326 e. The summed E-state index contributed by atoms with van der Waals surface area (Å²) in [5, 5.41) is 33.0. The first kappa shape index (κ1) is 22.4. The zero-order valence-electron chi connectivity index (χ0n) is 15.4. The molecule has 9 heteroatoms. The summed E-state index contributed by atoms with van der Waals surface area (Å²) in [6, 6.07) is 3.79. The van der Waals surface area contributed by atoms with Gasteiger partial charge in [-0.1, -0.05) is 26.0 Å². The Balaban J connectivity index is 2.96. The number of phenolic OH excluding ortho intramolecular Hbond substituents is 1. The lowest BCUT2D eigenvalue weighted by Crippen LogP contribution is -2.55. The van der Waals surface area contributed by atoms with Crippen molar-refractivity contribution in [1.29, 1.82) is 0 Å². The summed E-state index contributed by atoms with van der Waals surface area (Å²) in [6.07, 6.45) is -1.21. The molecule has 0 saturated carbocycles. The fraction of sp³-hybridized carbons (Fsp3) is 0.500. The Morgan fingerprint density at radius 2 is 1.59 bits per heavy atom. The Hall–Kier alpha value is -2.65. The summed E-state index contributed by atoms with van der Waals surface area (Å²) in [5.41, 5.74) is 5.88. The van der Waals surface area contributed by atoms with Crippen LogP contribution in [-0.4, -0.2) is 57.8 Å². The van der Waals surface area contributed by atoms with Crippen molar-refractivity contribution in [2.45, 2.75) is 44.9 Å². The second-order valence-corrected chi connectivity index (χ2v) is 6.71. The van der Waals surface area contributed by atoms with E-state index >= 15 is 0 Å². The quantitative estimate of drug-likeness (QED) is 0.314. The van der Waals surface area contributed by atoms with Gasteiger partial charge >= 0.3 is 5.97 Å². The minimum atomic E-state index is -1.48. The van der Waals surface area contributed by atoms with Crippen molar-refractivity contribution in [2.75, 3.05) is 6.54 Å². The lowest BCUT2D eigenvalue weighted by Gasteiger charge is -2.23. The molecule has 0 aliphatic carbocycles. The van der Waals surface area contributed by atoms with Gasteiger partial charge in [0.1, 0.15) is 23.9 Å². The Labute approximate surface area is 157 Å². The van der Waals surface area contributed by atoms with Gasteiger partial charge in [-0.2, -0.15) is 0 Å². The van der Waals surface area contributed by atoms with Gasteiger partial charge in [-0.05, 0) is 30.0 Å². The monoisotopic (exact) mass is 381 g/mol. The Kier molecular flexibility index (Phi) is 8.70. The highest BCUT2D eigenvalue weighted by Crippen LogP contribution is 2.12. The molecule has 0 bridgehead atoms. The Morgan fingerprint density at radius 3 is 2.07 bits per heavy atom. The van der Waals surface area contributed by atoms with Gasteiger partial charge in [0, 0.05) is 13.0 Å². The molecule has 0 aromatic heterocycles. The molecule has 0 radical (unpaired) electrons. The summed E-state index contributed by atoms with van der Waals surface area (Å²) in [7, 11) is 0. The average Bonchev–Trinajstić information content (AvgIpc) is 2.60. The van der Waals surface area contributed by atoms with Gasteiger partial charge in [0.25, 0.3) is 5.91 Å². The molecule has 1 aromatic rings. The first-order valence-corrected chi connectivity index (χ1v) is 8.63. The van der Waals surface area contributed by atoms with Crippen molar-refractivity contribution in [2.24, 2.45) is 11.7 Å². The number of rotatable bonds is 10. The van der Waals surface area contributed by atoms with Crippen LogP contribution >= 0.6 is 0 Å². The van der Waals surface area contributed by atoms with E-state index in [4.69, 9.17) is 5.73 Å². The molecular weight excluding hydrogens is 354 g/mol. The second kappa shape index (κ2) is 10.5. The van der Waals surface area contributed by atoms with Crippen LogP contribution < -0.4 is 16.4 Å². The van der Waals surface area contributed by atoms with Crippen LogP contribution in [0.5, 0.6) is 5.75 Å². The number of aliphatic hydroxyl groups excluding tert-OH is 1. The van der Waals surface area contributed by atoms with Crippen LogP contribution in [0.2, 0.25) is 0 Å². The first-order chi connectivity index (χ1) is 12.6. The van der Waals surface area contributed by atoms with Crippen molar-refractivity contribution in [1.82, 2.24) is 10.6 Å². The summed E-state index contributed by atoms with van der Waals surface area (Å²) in [5.74, 6) is -2.60. The van der Waals surface area contributed by atoms with Gasteiger partial charge in [0.15, 0.2) is 0 Å². The number of phenols is 1. The molecule has 0 saturated heterocycles. The predicted molar refractivity (Wildman–Crippen MR) is 97.8 cm³/mol. The number of carbonyl (C=O) groups excluding carboxylic acids is 2. The van der Waals surface area contributed by atoms with Gasteiger partial charge in [0.05, 0.1) is 0 Å². The summed E-state index contributed by atoms with van der Waals surface area (Å²) in [4.78, 5) is 35.9. The molecule has 1 aromatic carbocycles. The highest BCUT2D eigenvalue weighted by Gasteiger charge is 2.28. The van der Waals surface area contributed by atoms with Crippen molar-refractivity contribution >= 4 is 17.8 Å². The summed E-state index contributed by atoms with van der Waals surface area (Å²) < 4.78 is 0. The largest absolute Gasteiger partial charge is 0.508 e. The van der Waals surface area contributed by atoms with Gasteiger partial charge in [0.2, 0.25) is 5.91 Å². The third kappa shape index (κ3) is 7.63. The van der Waals surface area contributed by atoms with Crippen LogP contribution in [0.15, 0.2) is 24.3 Å². The zero-order chi connectivity index (χ0) is 20.6. The van der Waals surface area contributed by atoms with Crippen molar-refractivity contribution in [3.63, 3.8) is 0 Å². The maximum atomic E-state index is 12.6. The van der Waals surface area contributed by atoms with Crippen LogP contribution in [0.25, 0.3) is 0 Å². The van der Waals surface area contributed by atoms with E-state index in [1.54, 1.807) is 12.1 Å². The Morgan fingerprint density at radius 1 is 1.04 bits per heavy atom. The number of carboxylic acids is 1. The fourth-order valence-electron chi connectivity index (χ4n) is 2.42. The molecule has 0 aliphatic heterocycles. The molecule has 2 amide bonds. The molecule has 0 unspecified atom stereocenters. The second-order valence-electron chi connectivity index (χ2n) is 6.71. The molecule has 27 heavy (non-hydrogen) atoms. The van der Waals surface area contributed by atoms with Crippen molar-refractivity contribution < 1.29 is 29.7 Å². The van der Waals surface area contributed by atoms with E-state index in [0.29, 0.717) is 5.56 Å². The number of amides is 2. The fourth-order valence-corrected chi connectivity index (χ4v) is 2.42. The number of nitrogens with one attached hydrogen (secondary N) is 2. The van der Waals surface area contributed by atoms with Gasteiger partial charge in [-0.3, -0.25) is 9.59 Å². The van der Waals surface area contributed by atoms with Crippen LogP contribution in [0.3, 0.4) is 0 Å². The number of nitrogens with two attached hydrogens (primary N) is 1. The number of hydrogen-bond acceptors (Lipinski definition) is 6. The third-order valence-corrected chi connectivity index (χ3v) is 3.86. The normalized spacial score (nSPS) is 14.3. The van der Waals surface area contributed by atoms with Gasteiger partial charge in [-0.25, -0.2) is 4.79 Å². The SMILES string of the molecule is CC(C)C[C@@H](NC(=O)[C@H](Cc1ccc(O)cc1)NC(=O)[C@@H](O)CN)C(=O)O. The molecular formula is C18H27N3O6. The minimum absolute atomic E-state index is 0.0376. The van der Waals surface area contributed by atoms with Crippen LogP contribution in [0, 0.1) is 5.92 Å². The van der Waals surface area contributed by atoms with Gasteiger partial charge in [-0.15, -0.1) is 0 Å². The molecule has 7 N–H and O–H groups in total. The predicted octanol–water partition coefficient (Wildman–Crippen LogP) is -0.645. The molecule has 9 nitrogen and oxygen atoms in total. The van der Waals surface area contributed by atoms with E-state index in [1.165, 1.54) is 12.1 Å². The molecule has 0 fully saturated rings. The van der Waals surface area contributed by atoms with Crippen molar-refractivity contribution in [3.8, 4) is 5.75 Å². The lowest BCUT2D eigenvalue weighted by molar-refractivity contribution is -0.142. The standard InChI is InChI=1S/C18H27N3O6/c1-10(2)7-14(18(26)27)21-16(24)13(20-17(25)15(23)9-19)8-11-3-5-12(22)6-4-11/h3-6,10,13-15,22-23H,7-9,19H2,1-2H3,(H,20,25)(H,21,24)(H,26,27)/t13-,14+,15-/m0/s1. The van der Waals surface area contributed by atoms with Crippen LogP contribution in [0.4, 0.5) is 0 Å². The zero-order valence-corrected chi connectivity index (χ0v) is 15.4. The number of aliphatic hydroxyl groups is 1.